The van der Waals surface area contributed by atoms with E-state index in [0.717, 1.165) is 0 Å². The van der Waals surface area contributed by atoms with Crippen LogP contribution in [-0.4, -0.2) is 93.1 Å². The Balaban J connectivity index is 1.26. The summed E-state index contributed by atoms with van der Waals surface area (Å²) in [7, 11) is 11.4. The van der Waals surface area contributed by atoms with Crippen LogP contribution in [-0.2, 0) is 9.59 Å². The molecule has 0 saturated carbocycles. The van der Waals surface area contributed by atoms with Crippen molar-refractivity contribution >= 4 is 36.2 Å². The van der Waals surface area contributed by atoms with Gasteiger partial charge in [-0.05, 0) is 71.8 Å². The van der Waals surface area contributed by atoms with Gasteiger partial charge in [-0.3, -0.25) is 9.59 Å². The number of amides is 2. The van der Waals surface area contributed by atoms with Gasteiger partial charge < -0.3 is 47.4 Å². The molecule has 4 aromatic carbocycles. The van der Waals surface area contributed by atoms with Crippen molar-refractivity contribution in [1.29, 1.82) is 0 Å². The molecule has 0 fully saturated rings. The van der Waals surface area contributed by atoms with Gasteiger partial charge in [0, 0.05) is 12.8 Å². The Kier molecular flexibility index (Phi) is 15.6. The summed E-state index contributed by atoms with van der Waals surface area (Å²) in [4.78, 5) is 50.6. The van der Waals surface area contributed by atoms with Crippen LogP contribution in [0.15, 0.2) is 70.9 Å². The lowest BCUT2D eigenvalue weighted by atomic mass is 10.1. The number of rotatable bonds is 19. The van der Waals surface area contributed by atoms with Crippen LogP contribution < -0.4 is 58.2 Å². The van der Waals surface area contributed by atoms with E-state index in [2.05, 4.69) is 21.1 Å². The molecule has 2 amide bonds. The third-order valence-corrected chi connectivity index (χ3v) is 7.97. The number of methoxy groups -OCH3 is 8. The number of hydrazone groups is 2. The Morgan fingerprint density at radius 3 is 1.07 bits per heavy atom. The molecule has 0 saturated heterocycles. The molecular weight excluding hydrogens is 760 g/mol. The highest BCUT2D eigenvalue weighted by molar-refractivity contribution is 5.94. The highest BCUT2D eigenvalue weighted by Gasteiger charge is 2.21. The molecule has 58 heavy (non-hydrogen) atoms. The average Bonchev–Trinajstić information content (AvgIpc) is 3.25. The first-order valence-electron chi connectivity index (χ1n) is 17.1. The lowest BCUT2D eigenvalue weighted by molar-refractivity contribution is -0.126. The van der Waals surface area contributed by atoms with Crippen LogP contribution in [0.3, 0.4) is 0 Å². The molecule has 0 atom stereocenters. The van der Waals surface area contributed by atoms with E-state index in [1.807, 2.05) is 0 Å². The molecule has 2 N–H and O–H groups in total. The SMILES string of the molecule is COc1cc(C=NNC(=O)CCC(=O)NN=Cc2ccc(OC(=O)c3cc(OC)c(OC)c(OC)c3)c(OC)c2)ccc1OC(=O)c1cc(OC)c(OC)c(OC)c1. The number of ether oxygens (including phenoxy) is 10. The zero-order valence-corrected chi connectivity index (χ0v) is 33.0. The standard InChI is InChI=1S/C40H42N4O14/c1-49-29-15-23(9-11-27(29)57-39(47)25-17-31(51-3)37(55-7)32(18-25)52-4)21-41-43-35(45)13-14-36(46)44-42-22-24-10-12-28(30(16-24)50-2)58-40(48)26-19-33(53-5)38(56-8)34(20-26)54-6/h9-12,15-22H,13-14H2,1-8H3,(H,43,45)(H,44,46). The molecule has 4 rings (SSSR count). The number of benzene rings is 4. The van der Waals surface area contributed by atoms with Crippen molar-refractivity contribution in [2.75, 3.05) is 56.9 Å². The Morgan fingerprint density at radius 2 is 0.776 bits per heavy atom. The van der Waals surface area contributed by atoms with Gasteiger partial charge in [-0.15, -0.1) is 0 Å². The molecule has 18 nitrogen and oxygen atoms in total. The van der Waals surface area contributed by atoms with E-state index in [1.54, 1.807) is 24.3 Å². The van der Waals surface area contributed by atoms with Crippen molar-refractivity contribution in [2.45, 2.75) is 12.8 Å². The molecule has 0 unspecified atom stereocenters. The molecule has 0 aliphatic carbocycles. The van der Waals surface area contributed by atoms with Gasteiger partial charge in [0.05, 0.1) is 80.4 Å². The van der Waals surface area contributed by atoms with Crippen molar-refractivity contribution in [3.05, 3.63) is 82.9 Å². The van der Waals surface area contributed by atoms with Crippen LogP contribution in [0.2, 0.25) is 0 Å². The fourth-order valence-corrected chi connectivity index (χ4v) is 5.11. The van der Waals surface area contributed by atoms with Crippen molar-refractivity contribution in [2.24, 2.45) is 10.2 Å². The number of hydrogen-bond acceptors (Lipinski definition) is 16. The number of carbonyl (C=O) groups is 4. The lowest BCUT2D eigenvalue weighted by Gasteiger charge is -2.14. The van der Waals surface area contributed by atoms with Gasteiger partial charge in [0.2, 0.25) is 23.3 Å². The molecule has 0 aliphatic heterocycles. The highest BCUT2D eigenvalue weighted by Crippen LogP contribution is 2.40. The van der Waals surface area contributed by atoms with Crippen LogP contribution in [0.4, 0.5) is 0 Å². The molecule has 0 aliphatic rings. The summed E-state index contributed by atoms with van der Waals surface area (Å²) in [5.41, 5.74) is 6.01. The molecule has 0 radical (unpaired) electrons. The number of nitrogens with one attached hydrogen (secondary N) is 2. The Hall–Kier alpha value is -7.50. The zero-order valence-electron chi connectivity index (χ0n) is 33.0. The summed E-state index contributed by atoms with van der Waals surface area (Å²) in [5.74, 6) is -0.000637. The number of esters is 2. The van der Waals surface area contributed by atoms with Crippen molar-refractivity contribution in [3.8, 4) is 57.5 Å². The van der Waals surface area contributed by atoms with Gasteiger partial charge in [-0.1, -0.05) is 0 Å². The minimum absolute atomic E-state index is 0.127. The highest BCUT2D eigenvalue weighted by atomic mass is 16.6. The van der Waals surface area contributed by atoms with E-state index in [1.165, 1.54) is 106 Å². The fraction of sp³-hybridized carbons (Fsp3) is 0.250. The molecular formula is C40H42N4O14. The Labute approximate surface area is 333 Å². The first-order valence-corrected chi connectivity index (χ1v) is 17.1. The summed E-state index contributed by atoms with van der Waals surface area (Å²) in [6.45, 7) is 0. The minimum atomic E-state index is -0.703. The maximum Gasteiger partial charge on any atom is 0.343 e. The van der Waals surface area contributed by atoms with Crippen LogP contribution >= 0.6 is 0 Å². The van der Waals surface area contributed by atoms with E-state index < -0.39 is 23.8 Å². The average molecular weight is 803 g/mol. The Bertz CT molecular complexity index is 1980. The maximum atomic E-state index is 13.0. The monoisotopic (exact) mass is 802 g/mol. The van der Waals surface area contributed by atoms with E-state index in [9.17, 15) is 19.2 Å². The topological polar surface area (TPSA) is 209 Å². The smallest absolute Gasteiger partial charge is 0.343 e. The molecule has 4 aromatic rings. The molecule has 0 heterocycles. The van der Waals surface area contributed by atoms with E-state index >= 15 is 0 Å². The van der Waals surface area contributed by atoms with Gasteiger partial charge in [-0.2, -0.15) is 10.2 Å². The van der Waals surface area contributed by atoms with Gasteiger partial charge in [0.15, 0.2) is 46.0 Å². The van der Waals surface area contributed by atoms with Gasteiger partial charge in [0.1, 0.15) is 0 Å². The molecule has 0 bridgehead atoms. The second kappa shape index (κ2) is 21.0. The number of hydrogen-bond donors (Lipinski definition) is 2. The van der Waals surface area contributed by atoms with E-state index in [4.69, 9.17) is 47.4 Å². The lowest BCUT2D eigenvalue weighted by Crippen LogP contribution is -2.22. The van der Waals surface area contributed by atoms with E-state index in [-0.39, 0.29) is 70.0 Å². The summed E-state index contributed by atoms with van der Waals surface area (Å²) in [6.07, 6.45) is 2.34. The maximum absolute atomic E-state index is 13.0. The third-order valence-electron chi connectivity index (χ3n) is 7.97. The fourth-order valence-electron chi connectivity index (χ4n) is 5.11. The molecule has 0 spiro atoms. The summed E-state index contributed by atoms with van der Waals surface area (Å²) >= 11 is 0. The second-order valence-electron chi connectivity index (χ2n) is 11.5. The van der Waals surface area contributed by atoms with Crippen molar-refractivity contribution in [3.63, 3.8) is 0 Å². The van der Waals surface area contributed by atoms with Crippen LogP contribution in [0, 0.1) is 0 Å². The summed E-state index contributed by atoms with van der Waals surface area (Å²) < 4.78 is 53.7. The first-order chi connectivity index (χ1) is 28.0. The predicted octanol–water partition coefficient (Wildman–Crippen LogP) is 4.57. The predicted molar refractivity (Wildman–Crippen MR) is 209 cm³/mol. The Morgan fingerprint density at radius 1 is 0.448 bits per heavy atom. The minimum Gasteiger partial charge on any atom is -0.493 e. The van der Waals surface area contributed by atoms with Gasteiger partial charge >= 0.3 is 11.9 Å². The summed E-state index contributed by atoms with van der Waals surface area (Å²) in [5, 5.41) is 7.84. The largest absolute Gasteiger partial charge is 0.493 e. The third kappa shape index (κ3) is 11.1. The van der Waals surface area contributed by atoms with Gasteiger partial charge in [0.25, 0.3) is 0 Å². The normalized spacial score (nSPS) is 10.7. The summed E-state index contributed by atoms with van der Waals surface area (Å²) in [6, 6.07) is 15.1. The van der Waals surface area contributed by atoms with Crippen LogP contribution in [0.5, 0.6) is 57.5 Å². The number of nitrogens with zero attached hydrogens (tertiary/aromatic N) is 2. The van der Waals surface area contributed by atoms with Crippen molar-refractivity contribution in [1.82, 2.24) is 10.9 Å². The van der Waals surface area contributed by atoms with Crippen molar-refractivity contribution < 1.29 is 66.5 Å². The molecule has 306 valence electrons. The quantitative estimate of drug-likeness (QED) is 0.0576. The van der Waals surface area contributed by atoms with Gasteiger partial charge in [-0.25, -0.2) is 20.4 Å². The van der Waals surface area contributed by atoms with Crippen LogP contribution in [0.1, 0.15) is 44.7 Å². The zero-order chi connectivity index (χ0) is 42.2. The number of carbonyl (C=O) groups excluding carboxylic acids is 4. The first kappa shape index (κ1) is 43.2. The molecule has 0 aromatic heterocycles. The van der Waals surface area contributed by atoms with E-state index in [0.29, 0.717) is 22.6 Å². The van der Waals surface area contributed by atoms with Crippen LogP contribution in [0.25, 0.3) is 0 Å². The second-order valence-corrected chi connectivity index (χ2v) is 11.5. The molecule has 18 heteroatoms.